The fourth-order valence-corrected chi connectivity index (χ4v) is 2.98. The molecule has 2 nitrogen and oxygen atoms in total. The van der Waals surface area contributed by atoms with Gasteiger partial charge in [-0.3, -0.25) is 4.99 Å². The largest absolute Gasteiger partial charge is 0.335 e. The molecule has 18 heavy (non-hydrogen) atoms. The molecule has 1 aliphatic rings. The number of nitrogens with one attached hydrogen (secondary N) is 1. The summed E-state index contributed by atoms with van der Waals surface area (Å²) >= 11 is 4.84. The molecule has 1 aromatic carbocycles. The smallest absolute Gasteiger partial charge is 0.161 e. The van der Waals surface area contributed by atoms with Gasteiger partial charge in [-0.05, 0) is 46.5 Å². The van der Waals surface area contributed by atoms with Crippen molar-refractivity contribution < 1.29 is 4.39 Å². The average Bonchev–Trinajstić information content (AvgIpc) is 2.34. The van der Waals surface area contributed by atoms with Crippen molar-refractivity contribution in [1.82, 2.24) is 0 Å². The van der Waals surface area contributed by atoms with Gasteiger partial charge in [0.15, 0.2) is 5.17 Å². The van der Waals surface area contributed by atoms with Gasteiger partial charge < -0.3 is 5.32 Å². The summed E-state index contributed by atoms with van der Waals surface area (Å²) in [4.78, 5) is 4.66. The Bertz CT molecular complexity index is 462. The number of amidine groups is 1. The van der Waals surface area contributed by atoms with Gasteiger partial charge >= 0.3 is 0 Å². The molecule has 0 aliphatic carbocycles. The Labute approximate surface area is 120 Å². The Kier molecular flexibility index (Phi) is 4.67. The predicted octanol–water partition coefficient (Wildman–Crippen LogP) is 4.52. The minimum Gasteiger partial charge on any atom is -0.335 e. The lowest BCUT2D eigenvalue weighted by Crippen LogP contribution is -2.23. The van der Waals surface area contributed by atoms with E-state index in [-0.39, 0.29) is 5.82 Å². The lowest BCUT2D eigenvalue weighted by atomic mass is 10.0. The van der Waals surface area contributed by atoms with E-state index in [1.807, 2.05) is 6.07 Å². The molecule has 1 N–H and O–H groups in total. The van der Waals surface area contributed by atoms with E-state index in [9.17, 15) is 4.39 Å². The number of rotatable bonds is 2. The first-order chi connectivity index (χ1) is 8.56. The average molecular weight is 331 g/mol. The van der Waals surface area contributed by atoms with Crippen molar-refractivity contribution in [3.8, 4) is 0 Å². The van der Waals surface area contributed by atoms with Gasteiger partial charge in [0.2, 0.25) is 0 Å². The molecule has 1 aromatic rings. The molecule has 0 saturated carbocycles. The maximum atomic E-state index is 13.4. The second-order valence-electron chi connectivity index (χ2n) is 4.64. The fraction of sp³-hybridized carbons (Fsp3) is 0.462. The highest BCUT2D eigenvalue weighted by atomic mass is 79.9. The molecule has 1 heterocycles. The summed E-state index contributed by atoms with van der Waals surface area (Å²) in [5, 5.41) is 4.08. The Morgan fingerprint density at radius 1 is 1.50 bits per heavy atom. The van der Waals surface area contributed by atoms with Crippen molar-refractivity contribution in [1.29, 1.82) is 0 Å². The topological polar surface area (TPSA) is 24.4 Å². The zero-order valence-electron chi connectivity index (χ0n) is 10.4. The third-order valence-corrected chi connectivity index (χ3v) is 4.44. The van der Waals surface area contributed by atoms with Gasteiger partial charge in [-0.25, -0.2) is 4.39 Å². The van der Waals surface area contributed by atoms with Crippen LogP contribution in [0.2, 0.25) is 0 Å². The van der Waals surface area contributed by atoms with Gasteiger partial charge in [0, 0.05) is 11.4 Å². The van der Waals surface area contributed by atoms with E-state index in [0.29, 0.717) is 16.4 Å². The number of benzene rings is 1. The van der Waals surface area contributed by atoms with Crippen molar-refractivity contribution in [2.75, 3.05) is 11.1 Å². The standard InChI is InChI=1S/C13H16BrFN2S/c1-8(2)12-5-6-18-13(17-12)16-9-3-4-10(14)11(15)7-9/h3-4,7-8,12H,5-6H2,1-2H3,(H,16,17). The third-order valence-electron chi connectivity index (χ3n) is 2.88. The van der Waals surface area contributed by atoms with Crippen molar-refractivity contribution >= 4 is 38.5 Å². The minimum absolute atomic E-state index is 0.262. The maximum absolute atomic E-state index is 13.4. The summed E-state index contributed by atoms with van der Waals surface area (Å²) in [6, 6.07) is 5.39. The zero-order valence-corrected chi connectivity index (χ0v) is 12.8. The van der Waals surface area contributed by atoms with Gasteiger partial charge in [0.05, 0.1) is 10.5 Å². The van der Waals surface area contributed by atoms with Gasteiger partial charge in [-0.1, -0.05) is 25.6 Å². The number of hydrogen-bond acceptors (Lipinski definition) is 3. The Balaban J connectivity index is 2.10. The Morgan fingerprint density at radius 3 is 2.94 bits per heavy atom. The van der Waals surface area contributed by atoms with E-state index in [1.165, 1.54) is 6.07 Å². The highest BCUT2D eigenvalue weighted by molar-refractivity contribution is 9.10. The van der Waals surface area contributed by atoms with Crippen molar-refractivity contribution in [3.05, 3.63) is 28.5 Å². The summed E-state index contributed by atoms with van der Waals surface area (Å²) in [5.74, 6) is 1.35. The van der Waals surface area contributed by atoms with Crippen LogP contribution in [0.4, 0.5) is 10.1 Å². The molecule has 1 atom stereocenters. The van der Waals surface area contributed by atoms with Crippen LogP contribution in [-0.2, 0) is 0 Å². The molecule has 0 aromatic heterocycles. The van der Waals surface area contributed by atoms with Crippen LogP contribution in [-0.4, -0.2) is 17.0 Å². The van der Waals surface area contributed by atoms with E-state index in [4.69, 9.17) is 0 Å². The van der Waals surface area contributed by atoms with E-state index in [0.717, 1.165) is 23.0 Å². The van der Waals surface area contributed by atoms with Crippen LogP contribution in [0.25, 0.3) is 0 Å². The molecule has 0 radical (unpaired) electrons. The van der Waals surface area contributed by atoms with E-state index in [2.05, 4.69) is 40.1 Å². The molecule has 1 unspecified atom stereocenters. The lowest BCUT2D eigenvalue weighted by molar-refractivity contribution is 0.485. The minimum atomic E-state index is -0.262. The van der Waals surface area contributed by atoms with E-state index < -0.39 is 0 Å². The first kappa shape index (κ1) is 13.9. The van der Waals surface area contributed by atoms with Crippen LogP contribution in [0, 0.1) is 11.7 Å². The molecule has 0 spiro atoms. The number of thioether (sulfide) groups is 1. The summed E-state index contributed by atoms with van der Waals surface area (Å²) < 4.78 is 13.9. The summed E-state index contributed by atoms with van der Waals surface area (Å²) in [5.41, 5.74) is 0.742. The van der Waals surface area contributed by atoms with Gasteiger partial charge in [0.1, 0.15) is 5.82 Å². The van der Waals surface area contributed by atoms with Gasteiger partial charge in [-0.15, -0.1) is 0 Å². The number of anilines is 1. The fourth-order valence-electron chi connectivity index (χ4n) is 1.78. The predicted molar refractivity (Wildman–Crippen MR) is 80.9 cm³/mol. The van der Waals surface area contributed by atoms with Crippen LogP contribution in [0.15, 0.2) is 27.7 Å². The molecular weight excluding hydrogens is 315 g/mol. The second kappa shape index (κ2) is 6.06. The lowest BCUT2D eigenvalue weighted by Gasteiger charge is -2.23. The molecule has 0 bridgehead atoms. The van der Waals surface area contributed by atoms with Crippen LogP contribution in [0.5, 0.6) is 0 Å². The quantitative estimate of drug-likeness (QED) is 0.862. The number of halogens is 2. The van der Waals surface area contributed by atoms with Crippen LogP contribution in [0.3, 0.4) is 0 Å². The molecule has 0 fully saturated rings. The highest BCUT2D eigenvalue weighted by Gasteiger charge is 2.18. The Hall–Kier alpha value is -0.550. The van der Waals surface area contributed by atoms with Crippen LogP contribution < -0.4 is 5.32 Å². The first-order valence-electron chi connectivity index (χ1n) is 5.99. The summed E-state index contributed by atoms with van der Waals surface area (Å²) in [7, 11) is 0. The SMILES string of the molecule is CC(C)C1CCSC(Nc2ccc(Br)c(F)c2)=N1. The normalized spacial score (nSPS) is 19.8. The van der Waals surface area contributed by atoms with Crippen LogP contribution >= 0.6 is 27.7 Å². The Morgan fingerprint density at radius 2 is 2.28 bits per heavy atom. The number of aliphatic imine (C=N–C) groups is 1. The zero-order chi connectivity index (χ0) is 13.1. The second-order valence-corrected chi connectivity index (χ2v) is 6.57. The third kappa shape index (κ3) is 3.48. The van der Waals surface area contributed by atoms with Crippen molar-refractivity contribution in [2.45, 2.75) is 26.3 Å². The summed E-state index contributed by atoms with van der Waals surface area (Å²) in [6.07, 6.45) is 1.11. The maximum Gasteiger partial charge on any atom is 0.161 e. The van der Waals surface area contributed by atoms with Crippen molar-refractivity contribution in [3.63, 3.8) is 0 Å². The number of hydrogen-bond donors (Lipinski definition) is 1. The molecule has 5 heteroatoms. The molecule has 2 rings (SSSR count). The van der Waals surface area contributed by atoms with E-state index >= 15 is 0 Å². The molecule has 1 aliphatic heterocycles. The van der Waals surface area contributed by atoms with Crippen molar-refractivity contribution in [2.24, 2.45) is 10.9 Å². The molecule has 0 amide bonds. The molecule has 0 saturated heterocycles. The van der Waals surface area contributed by atoms with Gasteiger partial charge in [-0.2, -0.15) is 0 Å². The first-order valence-corrected chi connectivity index (χ1v) is 7.77. The summed E-state index contributed by atoms with van der Waals surface area (Å²) in [6.45, 7) is 4.36. The molecular formula is C13H16BrFN2S. The molecule has 98 valence electrons. The van der Waals surface area contributed by atoms with E-state index in [1.54, 1.807) is 17.8 Å². The highest BCUT2D eigenvalue weighted by Crippen LogP contribution is 2.25. The van der Waals surface area contributed by atoms with Crippen LogP contribution in [0.1, 0.15) is 20.3 Å². The number of nitrogens with zero attached hydrogens (tertiary/aromatic N) is 1. The monoisotopic (exact) mass is 330 g/mol. The van der Waals surface area contributed by atoms with Gasteiger partial charge in [0.25, 0.3) is 0 Å².